The summed E-state index contributed by atoms with van der Waals surface area (Å²) in [5, 5.41) is 4.07. The summed E-state index contributed by atoms with van der Waals surface area (Å²) in [6, 6.07) is 15.2. The van der Waals surface area contributed by atoms with Crippen molar-refractivity contribution in [2.24, 2.45) is 0 Å². The Morgan fingerprint density at radius 2 is 1.88 bits per heavy atom. The molecule has 0 fully saturated rings. The van der Waals surface area contributed by atoms with Crippen LogP contribution in [0.5, 0.6) is 11.5 Å². The standard InChI is InChI=1S/C20H19BrClNO3/c1-24-19-9-8-18(21)17(12-23-11-16-3-2-10-25-16)20(19)26-13-14-4-6-15(22)7-5-14/h2-10,23H,11-13H2,1H3. The van der Waals surface area contributed by atoms with Crippen LogP contribution in [0.25, 0.3) is 0 Å². The van der Waals surface area contributed by atoms with Crippen LogP contribution in [0.2, 0.25) is 5.02 Å². The van der Waals surface area contributed by atoms with E-state index in [0.29, 0.717) is 36.2 Å². The molecule has 1 N–H and O–H groups in total. The molecule has 136 valence electrons. The van der Waals surface area contributed by atoms with E-state index in [2.05, 4.69) is 21.2 Å². The second kappa shape index (κ2) is 9.12. The number of hydrogen-bond donors (Lipinski definition) is 1. The number of nitrogens with one attached hydrogen (secondary N) is 1. The molecule has 6 heteroatoms. The molecule has 0 aliphatic heterocycles. The molecule has 0 atom stereocenters. The van der Waals surface area contributed by atoms with E-state index in [4.69, 9.17) is 25.5 Å². The minimum atomic E-state index is 0.426. The first kappa shape index (κ1) is 18.8. The predicted molar refractivity (Wildman–Crippen MR) is 106 cm³/mol. The lowest BCUT2D eigenvalue weighted by molar-refractivity contribution is 0.280. The molecular weight excluding hydrogens is 418 g/mol. The van der Waals surface area contributed by atoms with Crippen LogP contribution in [-0.2, 0) is 19.7 Å². The molecule has 0 saturated heterocycles. The van der Waals surface area contributed by atoms with Gasteiger partial charge in [-0.1, -0.05) is 39.7 Å². The van der Waals surface area contributed by atoms with Crippen LogP contribution >= 0.6 is 27.5 Å². The fourth-order valence-electron chi connectivity index (χ4n) is 2.53. The van der Waals surface area contributed by atoms with Gasteiger partial charge >= 0.3 is 0 Å². The van der Waals surface area contributed by atoms with Gasteiger partial charge in [-0.05, 0) is 42.0 Å². The number of ether oxygens (including phenoxy) is 2. The van der Waals surface area contributed by atoms with Crippen molar-refractivity contribution in [1.29, 1.82) is 0 Å². The molecule has 3 rings (SSSR count). The Morgan fingerprint density at radius 3 is 2.58 bits per heavy atom. The molecule has 0 radical (unpaired) electrons. The van der Waals surface area contributed by atoms with Gasteiger partial charge in [-0.25, -0.2) is 0 Å². The Balaban J connectivity index is 1.74. The Kier molecular flexibility index (Phi) is 6.61. The third-order valence-corrected chi connectivity index (χ3v) is 4.86. The second-order valence-electron chi connectivity index (χ2n) is 5.66. The zero-order valence-corrected chi connectivity index (χ0v) is 16.6. The van der Waals surface area contributed by atoms with Gasteiger partial charge in [0.2, 0.25) is 0 Å². The number of rotatable bonds is 8. The highest BCUT2D eigenvalue weighted by molar-refractivity contribution is 9.10. The number of methoxy groups -OCH3 is 1. The lowest BCUT2D eigenvalue weighted by atomic mass is 10.1. The van der Waals surface area contributed by atoms with Gasteiger partial charge in [0.25, 0.3) is 0 Å². The van der Waals surface area contributed by atoms with Crippen LogP contribution in [0.1, 0.15) is 16.9 Å². The second-order valence-corrected chi connectivity index (χ2v) is 6.95. The van der Waals surface area contributed by atoms with Gasteiger partial charge in [0.1, 0.15) is 12.4 Å². The number of furan rings is 1. The highest BCUT2D eigenvalue weighted by atomic mass is 79.9. The van der Waals surface area contributed by atoms with E-state index in [1.54, 1.807) is 13.4 Å². The Bertz CT molecular complexity index is 835. The van der Waals surface area contributed by atoms with Crippen LogP contribution < -0.4 is 14.8 Å². The van der Waals surface area contributed by atoms with E-state index in [0.717, 1.165) is 21.4 Å². The fraction of sp³-hybridized carbons (Fsp3) is 0.200. The van der Waals surface area contributed by atoms with Gasteiger partial charge in [0.05, 0.1) is 19.9 Å². The van der Waals surface area contributed by atoms with E-state index in [-0.39, 0.29) is 0 Å². The quantitative estimate of drug-likeness (QED) is 0.501. The van der Waals surface area contributed by atoms with Crippen LogP contribution in [0.3, 0.4) is 0 Å². The molecule has 1 heterocycles. The van der Waals surface area contributed by atoms with Crippen molar-refractivity contribution in [3.05, 3.63) is 81.2 Å². The van der Waals surface area contributed by atoms with Crippen LogP contribution in [0.15, 0.2) is 63.7 Å². The van der Waals surface area contributed by atoms with Crippen molar-refractivity contribution >= 4 is 27.5 Å². The smallest absolute Gasteiger partial charge is 0.167 e. The summed E-state index contributed by atoms with van der Waals surface area (Å²) in [6.07, 6.45) is 1.67. The van der Waals surface area contributed by atoms with Crippen molar-refractivity contribution in [3.8, 4) is 11.5 Å². The SMILES string of the molecule is COc1ccc(Br)c(CNCc2ccco2)c1OCc1ccc(Cl)cc1. The topological polar surface area (TPSA) is 43.6 Å². The fourth-order valence-corrected chi connectivity index (χ4v) is 3.10. The van der Waals surface area contributed by atoms with Crippen molar-refractivity contribution in [2.45, 2.75) is 19.7 Å². The summed E-state index contributed by atoms with van der Waals surface area (Å²) < 4.78 is 17.9. The lowest BCUT2D eigenvalue weighted by Crippen LogP contribution is -2.14. The minimum Gasteiger partial charge on any atom is -0.493 e. The summed E-state index contributed by atoms with van der Waals surface area (Å²) in [7, 11) is 1.64. The zero-order valence-electron chi connectivity index (χ0n) is 14.3. The van der Waals surface area contributed by atoms with Gasteiger partial charge in [-0.15, -0.1) is 0 Å². The number of benzene rings is 2. The molecule has 3 aromatic rings. The highest BCUT2D eigenvalue weighted by Crippen LogP contribution is 2.37. The zero-order chi connectivity index (χ0) is 18.4. The normalized spacial score (nSPS) is 10.7. The van der Waals surface area contributed by atoms with E-state index in [1.165, 1.54) is 0 Å². The maximum atomic E-state index is 6.09. The summed E-state index contributed by atoms with van der Waals surface area (Å²) in [6.45, 7) is 1.66. The molecular formula is C20H19BrClNO3. The molecule has 0 aliphatic rings. The molecule has 4 nitrogen and oxygen atoms in total. The summed E-state index contributed by atoms with van der Waals surface area (Å²) in [4.78, 5) is 0. The van der Waals surface area contributed by atoms with Crippen LogP contribution in [-0.4, -0.2) is 7.11 Å². The molecule has 0 unspecified atom stereocenters. The number of hydrogen-bond acceptors (Lipinski definition) is 4. The van der Waals surface area contributed by atoms with E-state index in [9.17, 15) is 0 Å². The van der Waals surface area contributed by atoms with E-state index >= 15 is 0 Å². The monoisotopic (exact) mass is 435 g/mol. The molecule has 2 aromatic carbocycles. The summed E-state index contributed by atoms with van der Waals surface area (Å²) in [5.41, 5.74) is 2.02. The first-order valence-electron chi connectivity index (χ1n) is 8.13. The summed E-state index contributed by atoms with van der Waals surface area (Å²) >= 11 is 9.55. The van der Waals surface area contributed by atoms with Crippen LogP contribution in [0, 0.1) is 0 Å². The van der Waals surface area contributed by atoms with Crippen molar-refractivity contribution in [2.75, 3.05) is 7.11 Å². The van der Waals surface area contributed by atoms with Gasteiger partial charge in [-0.3, -0.25) is 0 Å². The Labute approximate surface area is 166 Å². The maximum Gasteiger partial charge on any atom is 0.167 e. The average Bonchev–Trinajstić information content (AvgIpc) is 3.16. The molecule has 1 aromatic heterocycles. The van der Waals surface area contributed by atoms with Gasteiger partial charge in [-0.2, -0.15) is 0 Å². The molecule has 0 aliphatic carbocycles. The third-order valence-electron chi connectivity index (χ3n) is 3.86. The first-order chi connectivity index (χ1) is 12.7. The molecule has 0 amide bonds. The molecule has 0 spiro atoms. The van der Waals surface area contributed by atoms with Crippen molar-refractivity contribution in [1.82, 2.24) is 5.32 Å². The molecule has 0 saturated carbocycles. The lowest BCUT2D eigenvalue weighted by Gasteiger charge is -2.17. The third kappa shape index (κ3) is 4.81. The largest absolute Gasteiger partial charge is 0.493 e. The van der Waals surface area contributed by atoms with E-state index in [1.807, 2.05) is 48.5 Å². The van der Waals surface area contributed by atoms with Crippen molar-refractivity contribution < 1.29 is 13.9 Å². The maximum absolute atomic E-state index is 6.09. The predicted octanol–water partition coefficient (Wildman–Crippen LogP) is 5.57. The van der Waals surface area contributed by atoms with Gasteiger partial charge in [0, 0.05) is 21.6 Å². The van der Waals surface area contributed by atoms with Crippen LogP contribution in [0.4, 0.5) is 0 Å². The van der Waals surface area contributed by atoms with Gasteiger partial charge < -0.3 is 19.2 Å². The molecule has 26 heavy (non-hydrogen) atoms. The first-order valence-corrected chi connectivity index (χ1v) is 9.30. The van der Waals surface area contributed by atoms with Crippen molar-refractivity contribution in [3.63, 3.8) is 0 Å². The highest BCUT2D eigenvalue weighted by Gasteiger charge is 2.15. The minimum absolute atomic E-state index is 0.426. The van der Waals surface area contributed by atoms with Gasteiger partial charge in [0.15, 0.2) is 11.5 Å². The Morgan fingerprint density at radius 1 is 1.08 bits per heavy atom. The summed E-state index contributed by atoms with van der Waals surface area (Å²) in [5.74, 6) is 2.29. The Hall–Kier alpha value is -1.95. The molecule has 0 bridgehead atoms. The average molecular weight is 437 g/mol. The number of halogens is 2. The van der Waals surface area contributed by atoms with E-state index < -0.39 is 0 Å².